The van der Waals surface area contributed by atoms with Gasteiger partial charge in [-0.25, -0.2) is 0 Å². The van der Waals surface area contributed by atoms with E-state index in [0.29, 0.717) is 0 Å². The van der Waals surface area contributed by atoms with Crippen LogP contribution < -0.4 is 0 Å². The molecule has 0 spiro atoms. The van der Waals surface area contributed by atoms with Crippen LogP contribution in [0.3, 0.4) is 0 Å². The Hall–Kier alpha value is -4.82. The molecule has 276 valence electrons. The molecule has 0 aliphatic carbocycles. The maximum absolute atomic E-state index is 2.42. The summed E-state index contributed by atoms with van der Waals surface area (Å²) in [6.45, 7) is 4.58. The molecule has 0 atom stereocenters. The van der Waals surface area contributed by atoms with Gasteiger partial charge in [0.25, 0.3) is 0 Å². The molecule has 8 rings (SSSR count). The Bertz CT molecular complexity index is 2380. The Kier molecular flexibility index (Phi) is 10.9. The molecule has 8 aromatic rings. The summed E-state index contributed by atoms with van der Waals surface area (Å²) in [4.78, 5) is 0. The van der Waals surface area contributed by atoms with Crippen molar-refractivity contribution < 1.29 is 0 Å². The van der Waals surface area contributed by atoms with Crippen molar-refractivity contribution >= 4 is 54.1 Å². The molecule has 0 amide bonds. The van der Waals surface area contributed by atoms with Crippen LogP contribution in [0.25, 0.3) is 76.6 Å². The molecular formula is C52H58N2. The van der Waals surface area contributed by atoms with Crippen molar-refractivity contribution in [2.75, 3.05) is 0 Å². The van der Waals surface area contributed by atoms with E-state index in [1.165, 1.54) is 165 Å². The first-order valence-electron chi connectivity index (χ1n) is 21.1. The third-order valence-electron chi connectivity index (χ3n) is 12.3. The monoisotopic (exact) mass is 710 g/mol. The van der Waals surface area contributed by atoms with E-state index in [1.807, 2.05) is 0 Å². The molecule has 0 radical (unpaired) electrons. The number of unbranched alkanes of at least 4 members (excludes halogenated alkanes) is 10. The van der Waals surface area contributed by atoms with Gasteiger partial charge in [0.1, 0.15) is 0 Å². The standard InChI is InChI=1S/C52H58N2/c1-5-7-9-11-13-15-19-37-21-17-23-39(33-37)49-35-41-25-27-45-43-30-32-48-46(44(43)29-31-47(45)51(41)53(49)3)28-26-42-36-50(54(4)52(42)48)40-24-18-22-38(34-40)20-16-14-12-10-8-6-2/h17-18,21-36H,5-16,19-20H2,1-4H3. The number of aryl methyl sites for hydroxylation is 4. The molecular weight excluding hydrogens is 653 g/mol. The van der Waals surface area contributed by atoms with E-state index in [1.54, 1.807) is 0 Å². The maximum Gasteiger partial charge on any atom is 0.0562 e. The Labute approximate surface area is 322 Å². The minimum atomic E-state index is 1.16. The summed E-state index contributed by atoms with van der Waals surface area (Å²) < 4.78 is 4.85. The Morgan fingerprint density at radius 2 is 0.741 bits per heavy atom. The van der Waals surface area contributed by atoms with Crippen LogP contribution in [-0.4, -0.2) is 9.13 Å². The first-order chi connectivity index (χ1) is 26.6. The van der Waals surface area contributed by atoms with E-state index < -0.39 is 0 Å². The lowest BCUT2D eigenvalue weighted by atomic mass is 9.95. The third kappa shape index (κ3) is 7.08. The Morgan fingerprint density at radius 3 is 1.19 bits per heavy atom. The largest absolute Gasteiger partial charge is 0.343 e. The molecule has 0 fully saturated rings. The number of fused-ring (bicyclic) bond motifs is 9. The molecule has 0 N–H and O–H groups in total. The molecule has 2 heterocycles. The molecule has 0 saturated carbocycles. The zero-order chi connectivity index (χ0) is 37.0. The summed E-state index contributed by atoms with van der Waals surface area (Å²) in [7, 11) is 4.49. The van der Waals surface area contributed by atoms with Crippen LogP contribution in [0.5, 0.6) is 0 Å². The highest BCUT2D eigenvalue weighted by Crippen LogP contribution is 2.40. The molecule has 2 heteroatoms. The minimum Gasteiger partial charge on any atom is -0.343 e. The van der Waals surface area contributed by atoms with E-state index in [0.717, 1.165) is 12.8 Å². The molecule has 6 aromatic carbocycles. The van der Waals surface area contributed by atoms with E-state index in [4.69, 9.17) is 0 Å². The Balaban J connectivity index is 1.10. The van der Waals surface area contributed by atoms with Gasteiger partial charge in [-0.2, -0.15) is 0 Å². The van der Waals surface area contributed by atoms with Crippen molar-refractivity contribution in [3.05, 3.63) is 120 Å². The molecule has 0 aliphatic rings. The fourth-order valence-corrected chi connectivity index (χ4v) is 9.30. The highest BCUT2D eigenvalue weighted by molar-refractivity contribution is 6.24. The first-order valence-corrected chi connectivity index (χ1v) is 21.1. The predicted molar refractivity (Wildman–Crippen MR) is 237 cm³/mol. The van der Waals surface area contributed by atoms with Gasteiger partial charge < -0.3 is 9.13 Å². The minimum absolute atomic E-state index is 1.16. The van der Waals surface area contributed by atoms with Gasteiger partial charge in [0, 0.05) is 47.0 Å². The number of nitrogens with zero attached hydrogens (tertiary/aromatic N) is 2. The number of hydrogen-bond donors (Lipinski definition) is 0. The smallest absolute Gasteiger partial charge is 0.0562 e. The van der Waals surface area contributed by atoms with Gasteiger partial charge in [-0.15, -0.1) is 0 Å². The summed E-state index contributed by atoms with van der Waals surface area (Å²) in [5.41, 5.74) is 10.7. The van der Waals surface area contributed by atoms with Crippen LogP contribution in [0.2, 0.25) is 0 Å². The summed E-state index contributed by atoms with van der Waals surface area (Å²) in [5, 5.41) is 10.5. The fourth-order valence-electron chi connectivity index (χ4n) is 9.30. The van der Waals surface area contributed by atoms with Gasteiger partial charge in [-0.3, -0.25) is 0 Å². The quantitative estimate of drug-likeness (QED) is 0.0698. The van der Waals surface area contributed by atoms with Gasteiger partial charge >= 0.3 is 0 Å². The summed E-state index contributed by atoms with van der Waals surface area (Å²) in [6, 6.07) is 42.1. The topological polar surface area (TPSA) is 9.86 Å². The van der Waals surface area contributed by atoms with E-state index >= 15 is 0 Å². The van der Waals surface area contributed by atoms with Crippen LogP contribution in [-0.2, 0) is 26.9 Å². The van der Waals surface area contributed by atoms with Crippen molar-refractivity contribution in [2.45, 2.75) is 104 Å². The highest BCUT2D eigenvalue weighted by Gasteiger charge is 2.16. The second kappa shape index (κ2) is 16.3. The van der Waals surface area contributed by atoms with Crippen molar-refractivity contribution in [3.63, 3.8) is 0 Å². The van der Waals surface area contributed by atoms with E-state index in [-0.39, 0.29) is 0 Å². The Morgan fingerprint density at radius 1 is 0.370 bits per heavy atom. The van der Waals surface area contributed by atoms with Crippen molar-refractivity contribution in [1.29, 1.82) is 0 Å². The summed E-state index contributed by atoms with van der Waals surface area (Å²) in [6.07, 6.45) is 18.4. The van der Waals surface area contributed by atoms with Crippen molar-refractivity contribution in [3.8, 4) is 22.5 Å². The average molecular weight is 711 g/mol. The molecule has 0 saturated heterocycles. The lowest BCUT2D eigenvalue weighted by Gasteiger charge is -2.12. The summed E-state index contributed by atoms with van der Waals surface area (Å²) in [5.74, 6) is 0. The number of rotatable bonds is 16. The number of hydrogen-bond acceptors (Lipinski definition) is 0. The van der Waals surface area contributed by atoms with Crippen LogP contribution >= 0.6 is 0 Å². The highest BCUT2D eigenvalue weighted by atomic mass is 15.0. The average Bonchev–Trinajstić information content (AvgIpc) is 3.73. The van der Waals surface area contributed by atoms with Crippen molar-refractivity contribution in [2.24, 2.45) is 14.1 Å². The van der Waals surface area contributed by atoms with E-state index in [2.05, 4.69) is 146 Å². The van der Waals surface area contributed by atoms with Crippen LogP contribution in [0.15, 0.2) is 109 Å². The molecule has 54 heavy (non-hydrogen) atoms. The van der Waals surface area contributed by atoms with Gasteiger partial charge in [-0.05, 0) is 93.7 Å². The molecule has 0 bridgehead atoms. The van der Waals surface area contributed by atoms with Gasteiger partial charge in [0.2, 0.25) is 0 Å². The van der Waals surface area contributed by atoms with Crippen molar-refractivity contribution in [1.82, 2.24) is 9.13 Å². The first kappa shape index (κ1) is 36.2. The molecule has 2 nitrogen and oxygen atoms in total. The van der Waals surface area contributed by atoms with E-state index in [9.17, 15) is 0 Å². The van der Waals surface area contributed by atoms with Gasteiger partial charge in [0.15, 0.2) is 0 Å². The van der Waals surface area contributed by atoms with Crippen LogP contribution in [0, 0.1) is 0 Å². The van der Waals surface area contributed by atoms with Crippen LogP contribution in [0.1, 0.15) is 102 Å². The third-order valence-corrected chi connectivity index (χ3v) is 12.3. The molecule has 0 aliphatic heterocycles. The van der Waals surface area contributed by atoms with Crippen LogP contribution in [0.4, 0.5) is 0 Å². The summed E-state index contributed by atoms with van der Waals surface area (Å²) >= 11 is 0. The van der Waals surface area contributed by atoms with Gasteiger partial charge in [0.05, 0.1) is 11.0 Å². The maximum atomic E-state index is 2.42. The fraction of sp³-hybridized carbons (Fsp3) is 0.346. The second-order valence-electron chi connectivity index (χ2n) is 16.0. The SMILES string of the molecule is CCCCCCCCc1cccc(-c2cc3ccc4c5ccc6c(ccc7cc(-c8cccc(CCCCCCCC)c8)n(C)c76)c5ccc4c3n2C)c1. The lowest BCUT2D eigenvalue weighted by Crippen LogP contribution is -1.94. The second-order valence-corrected chi connectivity index (χ2v) is 16.0. The normalized spacial score (nSPS) is 12.0. The zero-order valence-corrected chi connectivity index (χ0v) is 33.2. The number of benzene rings is 6. The zero-order valence-electron chi connectivity index (χ0n) is 33.2. The molecule has 0 unspecified atom stereocenters. The van der Waals surface area contributed by atoms with Gasteiger partial charge in [-0.1, -0.05) is 163 Å². The predicted octanol–water partition coefficient (Wildman–Crippen LogP) is 15.3. The lowest BCUT2D eigenvalue weighted by molar-refractivity contribution is 0.607. The number of aromatic nitrogens is 2. The molecule has 2 aromatic heterocycles.